The zero-order valence-electron chi connectivity index (χ0n) is 13.8. The average Bonchev–Trinajstić information content (AvgIpc) is 3.23. The Hall–Kier alpha value is -2.19. The molecule has 0 aliphatic rings. The fraction of sp³-hybridized carbons (Fsp3) is 0.375. The molecule has 0 aliphatic carbocycles. The number of aromatic nitrogens is 5. The predicted molar refractivity (Wildman–Crippen MR) is 92.7 cm³/mol. The Bertz CT molecular complexity index is 755. The topological polar surface area (TPSA) is 72.9 Å². The summed E-state index contributed by atoms with van der Waals surface area (Å²) in [5.41, 5.74) is 1.04. The van der Waals surface area contributed by atoms with Gasteiger partial charge >= 0.3 is 0 Å². The van der Waals surface area contributed by atoms with Gasteiger partial charge in [0, 0.05) is 24.3 Å². The third-order valence-corrected chi connectivity index (χ3v) is 4.38. The second kappa shape index (κ2) is 8.07. The number of hydrogen-bond donors (Lipinski definition) is 0. The van der Waals surface area contributed by atoms with Gasteiger partial charge in [-0.3, -0.25) is 0 Å². The largest absolute Gasteiger partial charge is 0.441 e. The van der Waals surface area contributed by atoms with Crippen LogP contribution < -0.4 is 0 Å². The first-order valence-corrected chi connectivity index (χ1v) is 8.75. The van der Waals surface area contributed by atoms with Crippen molar-refractivity contribution in [2.24, 2.45) is 0 Å². The van der Waals surface area contributed by atoms with Crippen LogP contribution in [0.3, 0.4) is 0 Å². The second-order valence-electron chi connectivity index (χ2n) is 5.57. The molecule has 0 amide bonds. The molecule has 2 heterocycles. The van der Waals surface area contributed by atoms with E-state index in [1.807, 2.05) is 49.1 Å². The zero-order chi connectivity index (χ0) is 16.8. The number of benzene rings is 1. The third kappa shape index (κ3) is 4.42. The summed E-state index contributed by atoms with van der Waals surface area (Å²) in [7, 11) is 4.06. The van der Waals surface area contributed by atoms with E-state index in [1.54, 1.807) is 18.0 Å². The fourth-order valence-corrected chi connectivity index (χ4v) is 2.96. The lowest BCUT2D eigenvalue weighted by atomic mass is 10.2. The van der Waals surface area contributed by atoms with Crippen LogP contribution >= 0.6 is 11.8 Å². The molecule has 0 radical (unpaired) electrons. The van der Waals surface area contributed by atoms with Crippen molar-refractivity contribution in [1.29, 1.82) is 0 Å². The third-order valence-electron chi connectivity index (χ3n) is 3.42. The SMILES string of the molecule is CN(C)CCn1nnnc1SCCc1ncc(-c2ccccc2)o1. The van der Waals surface area contributed by atoms with Crippen LogP contribution in [0, 0.1) is 0 Å². The summed E-state index contributed by atoms with van der Waals surface area (Å²) in [6.07, 6.45) is 2.51. The minimum atomic E-state index is 0.730. The van der Waals surface area contributed by atoms with Gasteiger partial charge in [-0.05, 0) is 24.5 Å². The van der Waals surface area contributed by atoms with Crippen molar-refractivity contribution in [2.75, 3.05) is 26.4 Å². The van der Waals surface area contributed by atoms with Gasteiger partial charge < -0.3 is 9.32 Å². The van der Waals surface area contributed by atoms with Crippen molar-refractivity contribution in [3.8, 4) is 11.3 Å². The van der Waals surface area contributed by atoms with Crippen LogP contribution in [0.25, 0.3) is 11.3 Å². The van der Waals surface area contributed by atoms with E-state index in [9.17, 15) is 0 Å². The Morgan fingerprint density at radius 3 is 2.83 bits per heavy atom. The molecule has 2 aromatic heterocycles. The van der Waals surface area contributed by atoms with Gasteiger partial charge in [0.05, 0.1) is 12.7 Å². The minimum absolute atomic E-state index is 0.730. The lowest BCUT2D eigenvalue weighted by Crippen LogP contribution is -2.19. The van der Waals surface area contributed by atoms with E-state index in [2.05, 4.69) is 25.4 Å². The van der Waals surface area contributed by atoms with Crippen LogP contribution in [0.15, 0.2) is 46.1 Å². The molecule has 8 heteroatoms. The summed E-state index contributed by atoms with van der Waals surface area (Å²) in [5.74, 6) is 2.34. The number of thioether (sulfide) groups is 1. The van der Waals surface area contributed by atoms with E-state index >= 15 is 0 Å². The molecule has 3 aromatic rings. The molecule has 0 fully saturated rings. The molecule has 0 aliphatic heterocycles. The predicted octanol–water partition coefficient (Wildman–Crippen LogP) is 2.22. The summed E-state index contributed by atoms with van der Waals surface area (Å²) in [6.45, 7) is 1.68. The minimum Gasteiger partial charge on any atom is -0.441 e. The lowest BCUT2D eigenvalue weighted by molar-refractivity contribution is 0.361. The zero-order valence-corrected chi connectivity index (χ0v) is 14.6. The molecule has 0 spiro atoms. The Kier molecular flexibility index (Phi) is 5.60. The molecule has 126 valence electrons. The molecule has 0 saturated heterocycles. The first kappa shape index (κ1) is 16.7. The van der Waals surface area contributed by atoms with Crippen LogP contribution in [0.1, 0.15) is 5.89 Å². The Labute approximate surface area is 145 Å². The van der Waals surface area contributed by atoms with Crippen LogP contribution in [0.5, 0.6) is 0 Å². The standard InChI is InChI=1S/C16H20N6OS/c1-21(2)9-10-22-16(18-19-20-22)24-11-8-15-17-12-14(23-15)13-6-4-3-5-7-13/h3-7,12H,8-11H2,1-2H3. The van der Waals surface area contributed by atoms with Gasteiger partial charge in [-0.1, -0.05) is 42.1 Å². The summed E-state index contributed by atoms with van der Waals surface area (Å²) < 4.78 is 7.64. The molecule has 7 nitrogen and oxygen atoms in total. The van der Waals surface area contributed by atoms with Crippen molar-refractivity contribution in [3.63, 3.8) is 0 Å². The highest BCUT2D eigenvalue weighted by Gasteiger charge is 2.09. The number of nitrogens with zero attached hydrogens (tertiary/aromatic N) is 6. The van der Waals surface area contributed by atoms with Gasteiger partial charge in [0.2, 0.25) is 5.16 Å². The molecule has 0 unspecified atom stereocenters. The number of rotatable bonds is 8. The van der Waals surface area contributed by atoms with Crippen LogP contribution in [0.2, 0.25) is 0 Å². The molecule has 0 atom stereocenters. The van der Waals surface area contributed by atoms with E-state index in [0.29, 0.717) is 0 Å². The second-order valence-corrected chi connectivity index (χ2v) is 6.63. The van der Waals surface area contributed by atoms with E-state index < -0.39 is 0 Å². The lowest BCUT2D eigenvalue weighted by Gasteiger charge is -2.09. The number of hydrogen-bond acceptors (Lipinski definition) is 7. The van der Waals surface area contributed by atoms with E-state index in [-0.39, 0.29) is 0 Å². The van der Waals surface area contributed by atoms with Crippen LogP contribution in [-0.2, 0) is 13.0 Å². The van der Waals surface area contributed by atoms with Crippen molar-refractivity contribution in [1.82, 2.24) is 30.1 Å². The monoisotopic (exact) mass is 344 g/mol. The first-order valence-electron chi connectivity index (χ1n) is 7.76. The Morgan fingerprint density at radius 1 is 1.21 bits per heavy atom. The number of aryl methyl sites for hydroxylation is 1. The fourth-order valence-electron chi connectivity index (χ4n) is 2.13. The molecule has 0 saturated carbocycles. The van der Waals surface area contributed by atoms with E-state index in [0.717, 1.165) is 47.6 Å². The van der Waals surface area contributed by atoms with Gasteiger partial charge in [-0.15, -0.1) is 5.10 Å². The smallest absolute Gasteiger partial charge is 0.209 e. The molecule has 0 bridgehead atoms. The average molecular weight is 344 g/mol. The Balaban J connectivity index is 1.52. The van der Waals surface area contributed by atoms with Crippen LogP contribution in [-0.4, -0.2) is 56.5 Å². The van der Waals surface area contributed by atoms with Crippen LogP contribution in [0.4, 0.5) is 0 Å². The highest BCUT2D eigenvalue weighted by atomic mass is 32.2. The summed E-state index contributed by atoms with van der Waals surface area (Å²) in [5, 5.41) is 12.7. The van der Waals surface area contributed by atoms with Crippen molar-refractivity contribution >= 4 is 11.8 Å². The maximum absolute atomic E-state index is 5.81. The maximum atomic E-state index is 5.81. The van der Waals surface area contributed by atoms with Crippen molar-refractivity contribution in [3.05, 3.63) is 42.4 Å². The normalized spacial score (nSPS) is 11.3. The molecule has 0 N–H and O–H groups in total. The molecular formula is C16H20N6OS. The summed E-state index contributed by atoms with van der Waals surface area (Å²) in [4.78, 5) is 6.45. The number of tetrazole rings is 1. The van der Waals surface area contributed by atoms with Gasteiger partial charge in [0.15, 0.2) is 11.7 Å². The van der Waals surface area contributed by atoms with E-state index in [4.69, 9.17) is 4.42 Å². The molecule has 3 rings (SSSR count). The van der Waals surface area contributed by atoms with Gasteiger partial charge in [0.25, 0.3) is 0 Å². The maximum Gasteiger partial charge on any atom is 0.209 e. The quantitative estimate of drug-likeness (QED) is 0.580. The van der Waals surface area contributed by atoms with Gasteiger partial charge in [0.1, 0.15) is 0 Å². The highest BCUT2D eigenvalue weighted by Crippen LogP contribution is 2.21. The van der Waals surface area contributed by atoms with E-state index in [1.165, 1.54) is 0 Å². The van der Waals surface area contributed by atoms with Crippen molar-refractivity contribution in [2.45, 2.75) is 18.1 Å². The molecule has 1 aromatic carbocycles. The highest BCUT2D eigenvalue weighted by molar-refractivity contribution is 7.99. The summed E-state index contributed by atoms with van der Waals surface area (Å²) in [6, 6.07) is 9.98. The molecule has 24 heavy (non-hydrogen) atoms. The van der Waals surface area contributed by atoms with Gasteiger partial charge in [-0.2, -0.15) is 0 Å². The number of oxazole rings is 1. The van der Waals surface area contributed by atoms with Gasteiger partial charge in [-0.25, -0.2) is 9.67 Å². The Morgan fingerprint density at radius 2 is 2.04 bits per heavy atom. The number of likely N-dealkylation sites (N-methyl/N-ethyl adjacent to an activating group) is 1. The van der Waals surface area contributed by atoms with Crippen molar-refractivity contribution < 1.29 is 4.42 Å². The molecular weight excluding hydrogens is 324 g/mol. The first-order chi connectivity index (χ1) is 11.7. The summed E-state index contributed by atoms with van der Waals surface area (Å²) >= 11 is 1.61.